The minimum Gasteiger partial charge on any atom is -0.480 e. The van der Waals surface area contributed by atoms with Crippen LogP contribution in [0, 0.1) is 5.92 Å². The SMILES string of the molecule is CC(NC(=O)c1ccc2ccccc2c1)(C(=O)O)C1CC1. The van der Waals surface area contributed by atoms with Gasteiger partial charge in [0.05, 0.1) is 0 Å². The third kappa shape index (κ3) is 2.49. The van der Waals surface area contributed by atoms with Crippen molar-refractivity contribution in [3.8, 4) is 0 Å². The van der Waals surface area contributed by atoms with E-state index in [1.807, 2.05) is 30.3 Å². The number of fused-ring (bicyclic) bond motifs is 1. The van der Waals surface area contributed by atoms with Crippen LogP contribution in [0.25, 0.3) is 10.8 Å². The third-order valence-corrected chi connectivity index (χ3v) is 4.22. The monoisotopic (exact) mass is 283 g/mol. The zero-order valence-electron chi connectivity index (χ0n) is 11.8. The highest BCUT2D eigenvalue weighted by molar-refractivity contribution is 6.01. The van der Waals surface area contributed by atoms with Gasteiger partial charge in [0, 0.05) is 5.56 Å². The van der Waals surface area contributed by atoms with Crippen LogP contribution in [0.3, 0.4) is 0 Å². The Kier molecular flexibility index (Phi) is 3.16. The van der Waals surface area contributed by atoms with Crippen LogP contribution in [0.1, 0.15) is 30.1 Å². The Labute approximate surface area is 122 Å². The van der Waals surface area contributed by atoms with Crippen molar-refractivity contribution in [3.63, 3.8) is 0 Å². The number of carbonyl (C=O) groups is 2. The van der Waals surface area contributed by atoms with Crippen LogP contribution in [-0.2, 0) is 4.79 Å². The minimum absolute atomic E-state index is 0.0272. The van der Waals surface area contributed by atoms with E-state index in [0.717, 1.165) is 23.6 Å². The molecule has 0 radical (unpaired) electrons. The van der Waals surface area contributed by atoms with Crippen LogP contribution in [0.15, 0.2) is 42.5 Å². The van der Waals surface area contributed by atoms with Crippen LogP contribution in [-0.4, -0.2) is 22.5 Å². The summed E-state index contributed by atoms with van der Waals surface area (Å²) in [6.07, 6.45) is 1.70. The van der Waals surface area contributed by atoms with Gasteiger partial charge in [-0.15, -0.1) is 0 Å². The summed E-state index contributed by atoms with van der Waals surface area (Å²) in [5.74, 6) is -1.28. The Hall–Kier alpha value is -2.36. The van der Waals surface area contributed by atoms with Crippen LogP contribution >= 0.6 is 0 Å². The largest absolute Gasteiger partial charge is 0.480 e. The van der Waals surface area contributed by atoms with Gasteiger partial charge in [0.2, 0.25) is 0 Å². The molecule has 1 aliphatic rings. The molecule has 2 aromatic carbocycles. The van der Waals surface area contributed by atoms with Crippen molar-refractivity contribution in [2.24, 2.45) is 5.92 Å². The molecule has 1 atom stereocenters. The average Bonchev–Trinajstić information content (AvgIpc) is 3.31. The van der Waals surface area contributed by atoms with Crippen LogP contribution in [0.4, 0.5) is 0 Å². The van der Waals surface area contributed by atoms with Crippen LogP contribution in [0.2, 0.25) is 0 Å². The predicted octanol–water partition coefficient (Wildman–Crippen LogP) is 2.82. The number of aliphatic carboxylic acids is 1. The molecule has 0 aliphatic heterocycles. The van der Waals surface area contributed by atoms with Gasteiger partial charge in [-0.05, 0) is 48.6 Å². The van der Waals surface area contributed by atoms with E-state index in [4.69, 9.17) is 0 Å². The molecule has 1 saturated carbocycles. The summed E-state index contributed by atoms with van der Waals surface area (Å²) in [6.45, 7) is 1.59. The number of rotatable bonds is 4. The molecule has 4 nitrogen and oxygen atoms in total. The van der Waals surface area contributed by atoms with E-state index in [1.54, 1.807) is 19.1 Å². The van der Waals surface area contributed by atoms with Gasteiger partial charge < -0.3 is 10.4 Å². The molecule has 0 spiro atoms. The van der Waals surface area contributed by atoms with Crippen molar-refractivity contribution in [2.45, 2.75) is 25.3 Å². The van der Waals surface area contributed by atoms with Crippen molar-refractivity contribution in [1.29, 1.82) is 0 Å². The summed E-state index contributed by atoms with van der Waals surface area (Å²) >= 11 is 0. The lowest BCUT2D eigenvalue weighted by Gasteiger charge is -2.26. The maximum Gasteiger partial charge on any atom is 0.329 e. The summed E-state index contributed by atoms with van der Waals surface area (Å²) in [6, 6.07) is 13.2. The van der Waals surface area contributed by atoms with E-state index >= 15 is 0 Å². The number of hydrogen-bond donors (Lipinski definition) is 2. The molecule has 3 rings (SSSR count). The summed E-state index contributed by atoms with van der Waals surface area (Å²) in [5, 5.41) is 14.1. The van der Waals surface area contributed by atoms with Gasteiger partial charge in [-0.25, -0.2) is 4.79 Å². The molecule has 2 aromatic rings. The number of carboxylic acid groups (broad SMARTS) is 1. The number of nitrogens with one attached hydrogen (secondary N) is 1. The molecule has 0 aromatic heterocycles. The second-order valence-electron chi connectivity index (χ2n) is 5.80. The molecule has 21 heavy (non-hydrogen) atoms. The summed E-state index contributed by atoms with van der Waals surface area (Å²) in [5.41, 5.74) is -0.690. The molecular weight excluding hydrogens is 266 g/mol. The number of benzene rings is 2. The first-order valence-electron chi connectivity index (χ1n) is 7.05. The highest BCUT2D eigenvalue weighted by Gasteiger charge is 2.48. The smallest absolute Gasteiger partial charge is 0.329 e. The fraction of sp³-hybridized carbons (Fsp3) is 0.294. The summed E-state index contributed by atoms with van der Waals surface area (Å²) < 4.78 is 0. The lowest BCUT2D eigenvalue weighted by atomic mass is 9.95. The van der Waals surface area contributed by atoms with Gasteiger partial charge in [0.1, 0.15) is 5.54 Å². The molecule has 1 aliphatic carbocycles. The molecule has 0 heterocycles. The number of amides is 1. The molecule has 1 fully saturated rings. The van der Waals surface area contributed by atoms with Crippen LogP contribution in [0.5, 0.6) is 0 Å². The van der Waals surface area contributed by atoms with Gasteiger partial charge in [0.15, 0.2) is 0 Å². The highest BCUT2D eigenvalue weighted by atomic mass is 16.4. The third-order valence-electron chi connectivity index (χ3n) is 4.22. The average molecular weight is 283 g/mol. The number of carbonyl (C=O) groups excluding carboxylic acids is 1. The fourth-order valence-corrected chi connectivity index (χ4v) is 2.63. The van der Waals surface area contributed by atoms with Gasteiger partial charge >= 0.3 is 5.97 Å². The van der Waals surface area contributed by atoms with Crippen molar-refractivity contribution >= 4 is 22.6 Å². The Bertz CT molecular complexity index is 721. The molecule has 1 unspecified atom stereocenters. The Morgan fingerprint density at radius 3 is 2.43 bits per heavy atom. The topological polar surface area (TPSA) is 66.4 Å². The maximum atomic E-state index is 12.4. The van der Waals surface area contributed by atoms with Crippen molar-refractivity contribution in [1.82, 2.24) is 5.32 Å². The van der Waals surface area contributed by atoms with E-state index in [-0.39, 0.29) is 11.8 Å². The fourth-order valence-electron chi connectivity index (χ4n) is 2.63. The molecule has 0 saturated heterocycles. The normalized spacial score (nSPS) is 17.2. The second kappa shape index (κ2) is 4.88. The highest BCUT2D eigenvalue weighted by Crippen LogP contribution is 2.39. The van der Waals surface area contributed by atoms with Crippen molar-refractivity contribution in [3.05, 3.63) is 48.0 Å². The van der Waals surface area contributed by atoms with E-state index in [0.29, 0.717) is 5.56 Å². The second-order valence-corrected chi connectivity index (χ2v) is 5.80. The Balaban J connectivity index is 1.88. The number of carboxylic acids is 1. The van der Waals surface area contributed by atoms with E-state index in [1.165, 1.54) is 0 Å². The molecule has 0 bridgehead atoms. The van der Waals surface area contributed by atoms with E-state index in [2.05, 4.69) is 5.32 Å². The van der Waals surface area contributed by atoms with Crippen LogP contribution < -0.4 is 5.32 Å². The van der Waals surface area contributed by atoms with Gasteiger partial charge in [-0.3, -0.25) is 4.79 Å². The van der Waals surface area contributed by atoms with Crippen molar-refractivity contribution in [2.75, 3.05) is 0 Å². The molecule has 4 heteroatoms. The van der Waals surface area contributed by atoms with Gasteiger partial charge in [-0.1, -0.05) is 30.3 Å². The van der Waals surface area contributed by atoms with Gasteiger partial charge in [-0.2, -0.15) is 0 Å². The summed E-state index contributed by atoms with van der Waals surface area (Å²) in [7, 11) is 0. The van der Waals surface area contributed by atoms with Gasteiger partial charge in [0.25, 0.3) is 5.91 Å². The predicted molar refractivity (Wildman–Crippen MR) is 80.2 cm³/mol. The maximum absolute atomic E-state index is 12.4. The quantitative estimate of drug-likeness (QED) is 0.906. The first-order valence-corrected chi connectivity index (χ1v) is 7.05. The summed E-state index contributed by atoms with van der Waals surface area (Å²) in [4.78, 5) is 23.8. The molecular formula is C17H17NO3. The first-order chi connectivity index (χ1) is 10.0. The van der Waals surface area contributed by atoms with E-state index < -0.39 is 11.5 Å². The van der Waals surface area contributed by atoms with E-state index in [9.17, 15) is 14.7 Å². The zero-order valence-corrected chi connectivity index (χ0v) is 11.8. The minimum atomic E-state index is -1.18. The molecule has 108 valence electrons. The molecule has 1 amide bonds. The Morgan fingerprint density at radius 2 is 1.81 bits per heavy atom. The zero-order chi connectivity index (χ0) is 15.0. The number of hydrogen-bond acceptors (Lipinski definition) is 2. The molecule has 2 N–H and O–H groups in total. The van der Waals surface area contributed by atoms with Crippen molar-refractivity contribution < 1.29 is 14.7 Å². The standard InChI is InChI=1S/C17H17NO3/c1-17(16(20)21,14-8-9-14)18-15(19)13-7-6-11-4-2-3-5-12(11)10-13/h2-7,10,14H,8-9H2,1H3,(H,18,19)(H,20,21). The Morgan fingerprint density at radius 1 is 1.14 bits per heavy atom. The lowest BCUT2D eigenvalue weighted by Crippen LogP contribution is -2.54. The lowest BCUT2D eigenvalue weighted by molar-refractivity contribution is -0.144. The first kappa shape index (κ1) is 13.6.